The highest BCUT2D eigenvalue weighted by atomic mass is 16.8. The zero-order valence-corrected chi connectivity index (χ0v) is 38.2. The zero-order valence-electron chi connectivity index (χ0n) is 38.2. The highest BCUT2D eigenvalue weighted by Gasteiger charge is 2.59. The van der Waals surface area contributed by atoms with Crippen molar-refractivity contribution in [3.8, 4) is 0 Å². The SMILES string of the molecule is CC(O)CC(O)O[C@@H]1[C@@H](O)[C@H]2O[C@H]3[C@H](O)[C@@H](O)[C@@H](O[C@H]4[C@H](O)[C@@H](O)[C@@H](O[C@H]5[C@H](O)[C@@H](O)[C@@H](O[C@H]6[C@H](O)[C@@H](O)[C@@H](O[C@H]7[C@H](O)[C@@H](O)[C@@H](O[C@H]1[C@@H](CO)O2)O[C@@H]7CO)O[C@@H]6CO)O[C@@H]5CO)O[C@@H]4CO)O[C@@H]3CO. The fourth-order valence-corrected chi connectivity index (χ4v) is 9.60. The molecule has 22 saturated heterocycles. The molecule has 0 saturated carbocycles. The van der Waals surface area contributed by atoms with Gasteiger partial charge in [-0.25, -0.2) is 0 Å². The maximum Gasteiger partial charge on any atom is 0.187 e. The van der Waals surface area contributed by atoms with Gasteiger partial charge in [0.15, 0.2) is 44.0 Å². The van der Waals surface area contributed by atoms with Gasteiger partial charge in [0.25, 0.3) is 0 Å². The lowest BCUT2D eigenvalue weighted by Crippen LogP contribution is -2.69. The van der Waals surface area contributed by atoms with Crippen LogP contribution in [0.4, 0.5) is 0 Å². The van der Waals surface area contributed by atoms with Crippen molar-refractivity contribution in [2.45, 2.75) is 210 Å². The van der Waals surface area contributed by atoms with Gasteiger partial charge in [0.1, 0.15) is 146 Å². The van der Waals surface area contributed by atoms with E-state index in [1.807, 2.05) is 0 Å². The van der Waals surface area contributed by atoms with E-state index >= 15 is 0 Å². The fraction of sp³-hybridized carbons (Fsp3) is 1.00. The quantitative estimate of drug-likeness (QED) is 0.0903. The number of aliphatic hydroxyl groups is 19. The molecule has 0 aromatic carbocycles. The summed E-state index contributed by atoms with van der Waals surface area (Å²) >= 11 is 0. The normalized spacial score (nSPS) is 52.7. The minimum Gasteiger partial charge on any atom is -0.394 e. The molecule has 72 heavy (non-hydrogen) atoms. The molecule has 0 amide bonds. The third kappa shape index (κ3) is 11.9. The molecule has 0 spiro atoms. The summed E-state index contributed by atoms with van der Waals surface area (Å²) in [5, 5.41) is 208. The van der Waals surface area contributed by atoms with Crippen LogP contribution < -0.4 is 0 Å². The van der Waals surface area contributed by atoms with Crippen molar-refractivity contribution in [3.05, 3.63) is 0 Å². The lowest BCUT2D eigenvalue weighted by Gasteiger charge is -2.51. The first-order valence-electron chi connectivity index (χ1n) is 23.2. The molecular formula is C40H68O32. The van der Waals surface area contributed by atoms with Crippen LogP contribution in [0.25, 0.3) is 0 Å². The van der Waals surface area contributed by atoms with Crippen LogP contribution >= 0.6 is 0 Å². The van der Waals surface area contributed by atoms with Gasteiger partial charge < -0.3 is 159 Å². The van der Waals surface area contributed by atoms with Gasteiger partial charge >= 0.3 is 0 Å². The molecule has 22 fully saturated rings. The summed E-state index contributed by atoms with van der Waals surface area (Å²) in [6.45, 7) is -4.89. The number of hydrogen-bond acceptors (Lipinski definition) is 32. The molecule has 32 heteroatoms. The van der Waals surface area contributed by atoms with Gasteiger partial charge in [-0.15, -0.1) is 0 Å². The minimum atomic E-state index is -2.21. The Morgan fingerprint density at radius 3 is 0.736 bits per heavy atom. The molecule has 0 aromatic rings. The molecule has 0 radical (unpaired) electrons. The molecule has 12 bridgehead atoms. The van der Waals surface area contributed by atoms with E-state index in [4.69, 9.17) is 61.6 Å². The van der Waals surface area contributed by atoms with Crippen molar-refractivity contribution in [1.29, 1.82) is 0 Å². The third-order valence-electron chi connectivity index (χ3n) is 13.5. The van der Waals surface area contributed by atoms with E-state index in [1.165, 1.54) is 6.92 Å². The van der Waals surface area contributed by atoms with E-state index in [0.717, 1.165) is 0 Å². The standard InChI is InChI=1S/C40H68O32/c1-9(47)2-16(48)66-34-27(59)40-65-15(8-46)33(34)72-39-26(58)21(53)31(13(6-44)64-39)70-37-24(56)19(51)29(11(4-42)62-37)68-35-22(54)17(49)28(10(3-41)60-35)67-36-23(55)18(50)30(12(5-43)61-36)69-38-25(57)20(52)32(71-40)14(7-45)63-38/h9-59H,2-8H2,1H3/t9?,10-,11-,12-,13-,14-,15-,16?,17-,18-,19-,20-,21-,22-,23-,24-,25-,26-,27-,28-,29-,30-,31-,32-,33+,34-,35-,36-,37-,38-,39-,40-/m1/s1. The molecule has 0 aromatic heterocycles. The molecule has 19 N–H and O–H groups in total. The van der Waals surface area contributed by atoms with Crippen LogP contribution in [-0.4, -0.2) is 333 Å². The lowest BCUT2D eigenvalue weighted by atomic mass is 9.94. The van der Waals surface area contributed by atoms with Crippen LogP contribution in [0.2, 0.25) is 0 Å². The molecule has 22 aliphatic heterocycles. The van der Waals surface area contributed by atoms with Gasteiger partial charge in [0, 0.05) is 6.42 Å². The van der Waals surface area contributed by atoms with E-state index in [2.05, 4.69) is 0 Å². The van der Waals surface area contributed by atoms with E-state index in [1.54, 1.807) is 0 Å². The van der Waals surface area contributed by atoms with Gasteiger partial charge in [-0.05, 0) is 6.92 Å². The maximum absolute atomic E-state index is 11.8. The monoisotopic (exact) mass is 1060 g/mol. The van der Waals surface area contributed by atoms with Crippen molar-refractivity contribution in [2.75, 3.05) is 39.6 Å². The van der Waals surface area contributed by atoms with Gasteiger partial charge in [0.05, 0.1) is 45.7 Å². The Bertz CT molecular complexity index is 1650. The van der Waals surface area contributed by atoms with Crippen LogP contribution in [0.5, 0.6) is 0 Å². The highest BCUT2D eigenvalue weighted by Crippen LogP contribution is 2.38. The first kappa shape index (κ1) is 58.4. The topological polar surface area (TPSA) is 504 Å². The molecule has 22 aliphatic rings. The Balaban J connectivity index is 1.23. The first-order valence-corrected chi connectivity index (χ1v) is 23.2. The summed E-state index contributed by atoms with van der Waals surface area (Å²) in [5.74, 6) is 0. The summed E-state index contributed by atoms with van der Waals surface area (Å²) in [6, 6.07) is 0. The Morgan fingerprint density at radius 2 is 0.514 bits per heavy atom. The fourth-order valence-electron chi connectivity index (χ4n) is 9.60. The van der Waals surface area contributed by atoms with E-state index in [-0.39, 0.29) is 0 Å². The van der Waals surface area contributed by atoms with Gasteiger partial charge in [-0.1, -0.05) is 0 Å². The first-order chi connectivity index (χ1) is 34.2. The predicted octanol–water partition coefficient (Wildman–Crippen LogP) is -12.9. The van der Waals surface area contributed by atoms with Crippen LogP contribution in [0.3, 0.4) is 0 Å². The number of aliphatic hydroxyl groups excluding tert-OH is 19. The smallest absolute Gasteiger partial charge is 0.187 e. The Morgan fingerprint density at radius 1 is 0.306 bits per heavy atom. The van der Waals surface area contributed by atoms with Crippen molar-refractivity contribution in [2.24, 2.45) is 0 Å². The number of rotatable bonds is 10. The lowest BCUT2D eigenvalue weighted by molar-refractivity contribution is -0.407. The summed E-state index contributed by atoms with van der Waals surface area (Å²) in [6.07, 6.45) is -63.0. The molecule has 2 unspecified atom stereocenters. The Kier molecular flexibility index (Phi) is 20.3. The molecule has 22 heterocycles. The maximum atomic E-state index is 11.8. The largest absolute Gasteiger partial charge is 0.394 e. The van der Waals surface area contributed by atoms with Crippen LogP contribution in [0.15, 0.2) is 0 Å². The summed E-state index contributed by atoms with van der Waals surface area (Å²) in [5.41, 5.74) is 0. The van der Waals surface area contributed by atoms with Crippen molar-refractivity contribution >= 4 is 0 Å². The average molecular weight is 1060 g/mol. The summed E-state index contributed by atoms with van der Waals surface area (Å²) < 4.78 is 74.6. The molecular weight excluding hydrogens is 992 g/mol. The summed E-state index contributed by atoms with van der Waals surface area (Å²) in [4.78, 5) is 0. The second kappa shape index (κ2) is 25.0. The second-order valence-electron chi connectivity index (χ2n) is 18.5. The van der Waals surface area contributed by atoms with Gasteiger partial charge in [-0.2, -0.15) is 0 Å². The average Bonchev–Trinajstić information content (AvgIpc) is 3.35. The van der Waals surface area contributed by atoms with E-state index < -0.39 is 243 Å². The molecule has 32 atom stereocenters. The van der Waals surface area contributed by atoms with E-state index in [9.17, 15) is 97.0 Å². The molecule has 32 nitrogen and oxygen atoms in total. The predicted molar refractivity (Wildman–Crippen MR) is 217 cm³/mol. The van der Waals surface area contributed by atoms with Crippen molar-refractivity contribution in [1.82, 2.24) is 0 Å². The molecule has 0 aliphatic carbocycles. The van der Waals surface area contributed by atoms with Crippen LogP contribution in [-0.2, 0) is 61.6 Å². The van der Waals surface area contributed by atoms with Crippen LogP contribution in [0, 0.1) is 0 Å². The van der Waals surface area contributed by atoms with Crippen LogP contribution in [0.1, 0.15) is 13.3 Å². The highest BCUT2D eigenvalue weighted by molar-refractivity contribution is 5.01. The molecule has 22 rings (SSSR count). The Hall–Kier alpha value is -1.28. The van der Waals surface area contributed by atoms with Crippen molar-refractivity contribution < 1.29 is 159 Å². The second-order valence-corrected chi connectivity index (χ2v) is 18.5. The molecule has 420 valence electrons. The summed E-state index contributed by atoms with van der Waals surface area (Å²) in [7, 11) is 0. The van der Waals surface area contributed by atoms with Crippen molar-refractivity contribution in [3.63, 3.8) is 0 Å². The minimum absolute atomic E-state index is 0.491. The van der Waals surface area contributed by atoms with Gasteiger partial charge in [-0.3, -0.25) is 0 Å². The number of ether oxygens (including phenoxy) is 13. The van der Waals surface area contributed by atoms with E-state index in [0.29, 0.717) is 0 Å². The Labute approximate surface area is 407 Å². The number of hydrogen-bond donors (Lipinski definition) is 19. The zero-order chi connectivity index (χ0) is 52.6. The third-order valence-corrected chi connectivity index (χ3v) is 13.5. The van der Waals surface area contributed by atoms with Gasteiger partial charge in [0.2, 0.25) is 0 Å².